The predicted octanol–water partition coefficient (Wildman–Crippen LogP) is 7.27. The summed E-state index contributed by atoms with van der Waals surface area (Å²) in [5, 5.41) is 20.3. The van der Waals surface area contributed by atoms with Gasteiger partial charge >= 0.3 is 11.9 Å². The van der Waals surface area contributed by atoms with Gasteiger partial charge in [-0.1, -0.05) is 0 Å². The molecule has 0 unspecified atom stereocenters. The van der Waals surface area contributed by atoms with Gasteiger partial charge < -0.3 is 48.1 Å². The van der Waals surface area contributed by atoms with Crippen molar-refractivity contribution in [3.63, 3.8) is 0 Å². The molecule has 0 fully saturated rings. The number of pyridine rings is 2. The fourth-order valence-electron chi connectivity index (χ4n) is 5.77. The van der Waals surface area contributed by atoms with Crippen molar-refractivity contribution in [2.75, 3.05) is 56.9 Å². The number of carboxylic acids is 2. The second-order valence-corrected chi connectivity index (χ2v) is 11.3. The Morgan fingerprint density at radius 3 is 1.04 bits per heavy atom. The zero-order valence-corrected chi connectivity index (χ0v) is 30.8. The molecule has 6 rings (SSSR count). The highest BCUT2D eigenvalue weighted by atomic mass is 16.5. The standard InChI is InChI=1S/2C20H19NO6/c2*1-24-12-5-6-15-13(9-12)14(20(22)23)10-16(21-15)11-7-17(25-2)19(27-4)18(8-11)26-3/h2*5-10H,1-4H3,(H,22,23). The predicted molar refractivity (Wildman–Crippen MR) is 201 cm³/mol. The van der Waals surface area contributed by atoms with Crippen LogP contribution < -0.4 is 37.9 Å². The summed E-state index contributed by atoms with van der Waals surface area (Å²) in [5.41, 5.74) is 3.58. The van der Waals surface area contributed by atoms with Crippen LogP contribution in [0.2, 0.25) is 0 Å². The number of methoxy groups -OCH3 is 8. The molecule has 0 radical (unpaired) electrons. The lowest BCUT2D eigenvalue weighted by Crippen LogP contribution is -2.01. The van der Waals surface area contributed by atoms with Crippen LogP contribution in [0.15, 0.2) is 72.8 Å². The zero-order valence-electron chi connectivity index (χ0n) is 30.8. The van der Waals surface area contributed by atoms with E-state index in [1.807, 2.05) is 0 Å². The molecule has 6 aromatic rings. The van der Waals surface area contributed by atoms with E-state index in [-0.39, 0.29) is 11.1 Å². The monoisotopic (exact) mass is 738 g/mol. The number of ether oxygens (including phenoxy) is 8. The van der Waals surface area contributed by atoms with Crippen molar-refractivity contribution in [2.45, 2.75) is 0 Å². The summed E-state index contributed by atoms with van der Waals surface area (Å²) in [5.74, 6) is 1.76. The summed E-state index contributed by atoms with van der Waals surface area (Å²) in [7, 11) is 12.2. The fourth-order valence-corrected chi connectivity index (χ4v) is 5.77. The Hall–Kier alpha value is -6.96. The van der Waals surface area contributed by atoms with Crippen molar-refractivity contribution in [1.29, 1.82) is 0 Å². The van der Waals surface area contributed by atoms with E-state index in [0.29, 0.717) is 90.3 Å². The topological polar surface area (TPSA) is 174 Å². The number of hydrogen-bond donors (Lipinski definition) is 2. The van der Waals surface area contributed by atoms with E-state index in [0.717, 1.165) is 0 Å². The lowest BCUT2D eigenvalue weighted by molar-refractivity contribution is 0.0688. The third kappa shape index (κ3) is 7.62. The largest absolute Gasteiger partial charge is 0.497 e. The highest BCUT2D eigenvalue weighted by molar-refractivity contribution is 6.05. The first kappa shape index (κ1) is 38.3. The number of hydrogen-bond acceptors (Lipinski definition) is 12. The molecule has 0 aliphatic carbocycles. The number of fused-ring (bicyclic) bond motifs is 2. The third-order valence-electron chi connectivity index (χ3n) is 8.41. The van der Waals surface area contributed by atoms with Crippen molar-refractivity contribution in [3.8, 4) is 68.5 Å². The van der Waals surface area contributed by atoms with Gasteiger partial charge in [-0.2, -0.15) is 0 Å². The molecule has 54 heavy (non-hydrogen) atoms. The maximum absolute atomic E-state index is 11.8. The minimum absolute atomic E-state index is 0.127. The van der Waals surface area contributed by atoms with E-state index in [9.17, 15) is 19.8 Å². The summed E-state index contributed by atoms with van der Waals surface area (Å²) in [6.07, 6.45) is 0. The number of aromatic carboxylic acids is 2. The van der Waals surface area contributed by atoms with Crippen LogP contribution in [0, 0.1) is 0 Å². The molecule has 0 amide bonds. The number of aromatic nitrogens is 2. The second-order valence-electron chi connectivity index (χ2n) is 11.3. The average molecular weight is 739 g/mol. The summed E-state index contributed by atoms with van der Waals surface area (Å²) in [6, 6.07) is 20.2. The minimum Gasteiger partial charge on any atom is -0.497 e. The molecule has 2 heterocycles. The number of benzene rings is 4. The number of rotatable bonds is 12. The SMILES string of the molecule is COc1ccc2nc(-c3cc(OC)c(OC)c(OC)c3)cc(C(=O)O)c2c1.COc1ccc2nc(-c3cc(OC)c(OC)c(OC)c3)cc(C(=O)O)c2c1. The number of nitrogens with zero attached hydrogens (tertiary/aromatic N) is 2. The van der Waals surface area contributed by atoms with Gasteiger partial charge in [0, 0.05) is 21.9 Å². The Labute approximate surface area is 310 Å². The van der Waals surface area contributed by atoms with Gasteiger partial charge in [0.15, 0.2) is 23.0 Å². The Morgan fingerprint density at radius 2 is 0.778 bits per heavy atom. The maximum Gasteiger partial charge on any atom is 0.336 e. The summed E-state index contributed by atoms with van der Waals surface area (Å²) in [6.45, 7) is 0. The summed E-state index contributed by atoms with van der Waals surface area (Å²) in [4.78, 5) is 32.8. The maximum atomic E-state index is 11.8. The normalized spacial score (nSPS) is 10.5. The molecule has 4 aromatic carbocycles. The first-order chi connectivity index (χ1) is 26.0. The lowest BCUT2D eigenvalue weighted by atomic mass is 10.0. The molecule has 0 spiro atoms. The average Bonchev–Trinajstić information content (AvgIpc) is 3.21. The van der Waals surface area contributed by atoms with Crippen molar-refractivity contribution in [3.05, 3.63) is 83.9 Å². The van der Waals surface area contributed by atoms with Crippen LogP contribution >= 0.6 is 0 Å². The van der Waals surface area contributed by atoms with Gasteiger partial charge in [0.05, 0.1) is 90.4 Å². The summed E-state index contributed by atoms with van der Waals surface area (Å²) < 4.78 is 42.5. The van der Waals surface area contributed by atoms with E-state index >= 15 is 0 Å². The molecule has 0 aliphatic rings. The highest BCUT2D eigenvalue weighted by Gasteiger charge is 2.20. The van der Waals surface area contributed by atoms with Crippen LogP contribution in [0.5, 0.6) is 46.0 Å². The molecule has 2 aromatic heterocycles. The Bertz CT molecular complexity index is 2140. The number of carboxylic acid groups (broad SMARTS) is 2. The Kier molecular flexibility index (Phi) is 11.8. The number of carbonyl (C=O) groups is 2. The van der Waals surface area contributed by atoms with Crippen molar-refractivity contribution in [1.82, 2.24) is 9.97 Å². The zero-order chi connectivity index (χ0) is 39.1. The van der Waals surface area contributed by atoms with E-state index in [4.69, 9.17) is 37.9 Å². The van der Waals surface area contributed by atoms with E-state index in [1.54, 1.807) is 60.7 Å². The molecule has 280 valence electrons. The molecule has 14 nitrogen and oxygen atoms in total. The molecule has 0 bridgehead atoms. The first-order valence-electron chi connectivity index (χ1n) is 16.1. The van der Waals surface area contributed by atoms with Gasteiger partial charge in [-0.3, -0.25) is 0 Å². The van der Waals surface area contributed by atoms with E-state index in [1.165, 1.54) is 69.0 Å². The van der Waals surface area contributed by atoms with Crippen LogP contribution in [-0.2, 0) is 0 Å². The fraction of sp³-hybridized carbons (Fsp3) is 0.200. The third-order valence-corrected chi connectivity index (χ3v) is 8.41. The second kappa shape index (κ2) is 16.6. The van der Waals surface area contributed by atoms with Gasteiger partial charge in [0.2, 0.25) is 11.5 Å². The smallest absolute Gasteiger partial charge is 0.336 e. The van der Waals surface area contributed by atoms with Gasteiger partial charge in [-0.25, -0.2) is 19.6 Å². The Balaban J connectivity index is 0.000000208. The molecular weight excluding hydrogens is 700 g/mol. The van der Waals surface area contributed by atoms with Crippen molar-refractivity contribution >= 4 is 33.7 Å². The van der Waals surface area contributed by atoms with Crippen LogP contribution in [0.25, 0.3) is 44.3 Å². The van der Waals surface area contributed by atoms with Gasteiger partial charge in [-0.15, -0.1) is 0 Å². The molecule has 0 atom stereocenters. The van der Waals surface area contributed by atoms with Crippen LogP contribution in [0.1, 0.15) is 20.7 Å². The molecule has 0 aliphatic heterocycles. The van der Waals surface area contributed by atoms with E-state index < -0.39 is 11.9 Å². The minimum atomic E-state index is -1.05. The van der Waals surface area contributed by atoms with Crippen LogP contribution in [0.4, 0.5) is 0 Å². The van der Waals surface area contributed by atoms with Gasteiger partial charge in [0.1, 0.15) is 11.5 Å². The van der Waals surface area contributed by atoms with Crippen molar-refractivity contribution < 1.29 is 57.7 Å². The van der Waals surface area contributed by atoms with E-state index in [2.05, 4.69) is 9.97 Å². The molecular formula is C40H38N2O12. The summed E-state index contributed by atoms with van der Waals surface area (Å²) >= 11 is 0. The van der Waals surface area contributed by atoms with Gasteiger partial charge in [-0.05, 0) is 72.8 Å². The lowest BCUT2D eigenvalue weighted by Gasteiger charge is -2.15. The molecule has 0 saturated carbocycles. The first-order valence-corrected chi connectivity index (χ1v) is 16.1. The van der Waals surface area contributed by atoms with Gasteiger partial charge in [0.25, 0.3) is 0 Å². The quantitative estimate of drug-likeness (QED) is 0.128. The highest BCUT2D eigenvalue weighted by Crippen LogP contribution is 2.43. The van der Waals surface area contributed by atoms with Crippen molar-refractivity contribution in [2.24, 2.45) is 0 Å². The van der Waals surface area contributed by atoms with Crippen LogP contribution in [0.3, 0.4) is 0 Å². The Morgan fingerprint density at radius 1 is 0.444 bits per heavy atom. The molecule has 2 N–H and O–H groups in total. The molecule has 0 saturated heterocycles. The molecule has 14 heteroatoms. The van der Waals surface area contributed by atoms with Crippen LogP contribution in [-0.4, -0.2) is 89.0 Å².